The van der Waals surface area contributed by atoms with Gasteiger partial charge in [0, 0.05) is 0 Å². The molecule has 1 radical (unpaired) electrons. The second-order valence-electron chi connectivity index (χ2n) is 3.97. The van der Waals surface area contributed by atoms with Crippen LogP contribution in [-0.4, -0.2) is 0 Å². The van der Waals surface area contributed by atoms with E-state index in [0.29, 0.717) is 0 Å². The molecule has 0 saturated heterocycles. The average molecular weight is 153 g/mol. The zero-order valence-corrected chi connectivity index (χ0v) is 7.81. The Morgan fingerprint density at radius 1 is 1.00 bits per heavy atom. The molecule has 1 atom stereocenters. The molecule has 0 bridgehead atoms. The summed E-state index contributed by atoms with van der Waals surface area (Å²) in [6.07, 6.45) is 14.0. The summed E-state index contributed by atoms with van der Waals surface area (Å²) in [5.41, 5.74) is 0. The second kappa shape index (κ2) is 5.62. The van der Waals surface area contributed by atoms with Crippen LogP contribution in [0.25, 0.3) is 0 Å². The lowest BCUT2D eigenvalue weighted by Crippen LogP contribution is -1.97. The number of rotatable bonds is 0. The van der Waals surface area contributed by atoms with Crippen LogP contribution in [0.4, 0.5) is 0 Å². The van der Waals surface area contributed by atoms with Crippen molar-refractivity contribution in [1.29, 1.82) is 0 Å². The molecule has 65 valence electrons. The molecule has 0 aromatic rings. The summed E-state index contributed by atoms with van der Waals surface area (Å²) >= 11 is 0. The van der Waals surface area contributed by atoms with Crippen LogP contribution in [-0.2, 0) is 0 Å². The molecule has 0 aliphatic heterocycles. The highest BCUT2D eigenvalue weighted by Crippen LogP contribution is 2.19. The first-order valence-corrected chi connectivity index (χ1v) is 5.21. The van der Waals surface area contributed by atoms with E-state index < -0.39 is 0 Å². The Hall–Kier alpha value is 0. The van der Waals surface area contributed by atoms with Crippen LogP contribution in [0.2, 0.25) is 0 Å². The van der Waals surface area contributed by atoms with Crippen molar-refractivity contribution in [2.24, 2.45) is 5.92 Å². The average Bonchev–Trinajstić information content (AvgIpc) is 2.03. The smallest absolute Gasteiger partial charge is 0.0383 e. The lowest BCUT2D eigenvalue weighted by atomic mass is 9.94. The molecule has 0 aromatic heterocycles. The molecule has 1 aliphatic rings. The fraction of sp³-hybridized carbons (Fsp3) is 0.909. The number of hydrogen-bond acceptors (Lipinski definition) is 0. The van der Waals surface area contributed by atoms with Crippen molar-refractivity contribution in [1.82, 2.24) is 0 Å². The quantitative estimate of drug-likeness (QED) is 0.494. The van der Waals surface area contributed by atoms with E-state index in [1.165, 1.54) is 51.4 Å². The van der Waals surface area contributed by atoms with Gasteiger partial charge in [0.25, 0.3) is 0 Å². The third-order valence-electron chi connectivity index (χ3n) is 2.67. The maximum Gasteiger partial charge on any atom is -0.0383 e. The van der Waals surface area contributed by atoms with Gasteiger partial charge in [-0.3, -0.25) is 0 Å². The topological polar surface area (TPSA) is 0 Å². The Balaban J connectivity index is 2.12. The van der Waals surface area contributed by atoms with Gasteiger partial charge in [-0.15, -0.1) is 0 Å². The molecule has 0 aromatic carbocycles. The first-order valence-electron chi connectivity index (χ1n) is 5.21. The largest absolute Gasteiger partial charge is 0.0625 e. The lowest BCUT2D eigenvalue weighted by molar-refractivity contribution is 0.456. The molecule has 0 heteroatoms. The minimum absolute atomic E-state index is 0.952. The molecule has 1 saturated carbocycles. The molecular formula is C11H21. The molecule has 1 rings (SSSR count). The van der Waals surface area contributed by atoms with E-state index in [0.717, 1.165) is 5.92 Å². The van der Waals surface area contributed by atoms with Crippen LogP contribution in [0.15, 0.2) is 0 Å². The highest BCUT2D eigenvalue weighted by Gasteiger charge is 2.03. The van der Waals surface area contributed by atoms with Gasteiger partial charge in [-0.25, -0.2) is 0 Å². The van der Waals surface area contributed by atoms with Gasteiger partial charge >= 0.3 is 0 Å². The van der Waals surface area contributed by atoms with Gasteiger partial charge in [0.15, 0.2) is 0 Å². The van der Waals surface area contributed by atoms with Crippen molar-refractivity contribution in [2.45, 2.75) is 58.3 Å². The highest BCUT2D eigenvalue weighted by atomic mass is 14.1. The highest BCUT2D eigenvalue weighted by molar-refractivity contribution is 4.70. The molecule has 0 nitrogen and oxygen atoms in total. The summed E-state index contributed by atoms with van der Waals surface area (Å²) in [6, 6.07) is 0. The Kier molecular flexibility index (Phi) is 4.65. The van der Waals surface area contributed by atoms with E-state index in [1.54, 1.807) is 0 Å². The van der Waals surface area contributed by atoms with E-state index >= 15 is 0 Å². The van der Waals surface area contributed by atoms with E-state index in [1.807, 2.05) is 0 Å². The van der Waals surface area contributed by atoms with E-state index in [2.05, 4.69) is 13.3 Å². The van der Waals surface area contributed by atoms with Crippen molar-refractivity contribution in [3.05, 3.63) is 6.42 Å². The van der Waals surface area contributed by atoms with Gasteiger partial charge < -0.3 is 0 Å². The second-order valence-corrected chi connectivity index (χ2v) is 3.97. The van der Waals surface area contributed by atoms with E-state index in [4.69, 9.17) is 0 Å². The van der Waals surface area contributed by atoms with Gasteiger partial charge in [-0.1, -0.05) is 51.9 Å². The molecule has 0 N–H and O–H groups in total. The standard InChI is InChI=1S/C11H21/c1-11-9-7-5-3-2-4-6-8-10-11/h7,11H,2-6,8-10H2,1H3. The minimum atomic E-state index is 0.952. The van der Waals surface area contributed by atoms with Gasteiger partial charge in [0.2, 0.25) is 0 Å². The summed E-state index contributed by atoms with van der Waals surface area (Å²) in [6.45, 7) is 2.39. The van der Waals surface area contributed by atoms with Crippen LogP contribution < -0.4 is 0 Å². The summed E-state index contributed by atoms with van der Waals surface area (Å²) in [7, 11) is 0. The predicted octanol–water partition coefficient (Wildman–Crippen LogP) is 3.96. The molecule has 1 aliphatic carbocycles. The van der Waals surface area contributed by atoms with Crippen molar-refractivity contribution in [3.8, 4) is 0 Å². The van der Waals surface area contributed by atoms with Crippen LogP contribution >= 0.6 is 0 Å². The molecule has 1 unspecified atom stereocenters. The van der Waals surface area contributed by atoms with Crippen LogP contribution in [0.5, 0.6) is 0 Å². The van der Waals surface area contributed by atoms with Crippen molar-refractivity contribution >= 4 is 0 Å². The Morgan fingerprint density at radius 2 is 1.73 bits per heavy atom. The minimum Gasteiger partial charge on any atom is -0.0625 e. The van der Waals surface area contributed by atoms with Crippen molar-refractivity contribution in [3.63, 3.8) is 0 Å². The zero-order valence-electron chi connectivity index (χ0n) is 7.81. The van der Waals surface area contributed by atoms with Crippen LogP contribution in [0.1, 0.15) is 58.3 Å². The SMILES string of the molecule is CC1C[CH]CCCCCCC1. The Labute approximate surface area is 71.4 Å². The van der Waals surface area contributed by atoms with E-state index in [9.17, 15) is 0 Å². The fourth-order valence-corrected chi connectivity index (χ4v) is 1.83. The van der Waals surface area contributed by atoms with Gasteiger partial charge in [0.05, 0.1) is 0 Å². The summed E-state index contributed by atoms with van der Waals surface area (Å²) in [5.74, 6) is 0.952. The Bertz CT molecular complexity index is 76.0. The third-order valence-corrected chi connectivity index (χ3v) is 2.67. The van der Waals surface area contributed by atoms with Gasteiger partial charge in [-0.2, -0.15) is 0 Å². The molecule has 1 fully saturated rings. The molecule has 11 heavy (non-hydrogen) atoms. The fourth-order valence-electron chi connectivity index (χ4n) is 1.83. The first kappa shape index (κ1) is 9.09. The van der Waals surface area contributed by atoms with E-state index in [-0.39, 0.29) is 0 Å². The summed E-state index contributed by atoms with van der Waals surface area (Å²) in [4.78, 5) is 0. The molecule has 0 heterocycles. The van der Waals surface area contributed by atoms with Crippen molar-refractivity contribution < 1.29 is 0 Å². The first-order chi connectivity index (χ1) is 5.39. The summed E-state index contributed by atoms with van der Waals surface area (Å²) < 4.78 is 0. The maximum atomic E-state index is 2.50. The third kappa shape index (κ3) is 4.44. The monoisotopic (exact) mass is 153 g/mol. The molecule has 0 spiro atoms. The Morgan fingerprint density at radius 3 is 2.64 bits per heavy atom. The molecule has 0 amide bonds. The lowest BCUT2D eigenvalue weighted by Gasteiger charge is -2.12. The van der Waals surface area contributed by atoms with Crippen LogP contribution in [0.3, 0.4) is 0 Å². The number of hydrogen-bond donors (Lipinski definition) is 0. The van der Waals surface area contributed by atoms with Crippen molar-refractivity contribution in [2.75, 3.05) is 0 Å². The molecular weight excluding hydrogens is 132 g/mol. The normalized spacial score (nSPS) is 24.8. The van der Waals surface area contributed by atoms with Gasteiger partial charge in [0.1, 0.15) is 0 Å². The summed E-state index contributed by atoms with van der Waals surface area (Å²) in [5, 5.41) is 0. The predicted molar refractivity (Wildman–Crippen MR) is 50.4 cm³/mol. The maximum absolute atomic E-state index is 2.50. The van der Waals surface area contributed by atoms with Crippen LogP contribution in [0, 0.1) is 12.3 Å². The zero-order chi connectivity index (χ0) is 7.94. The van der Waals surface area contributed by atoms with Gasteiger partial charge in [-0.05, 0) is 18.8 Å².